The first-order valence-electron chi connectivity index (χ1n) is 6.38. The van der Waals surface area contributed by atoms with Crippen LogP contribution in [0.2, 0.25) is 5.02 Å². The minimum Gasteiger partial charge on any atom is -0.313 e. The van der Waals surface area contributed by atoms with Crippen molar-refractivity contribution in [3.8, 4) is 0 Å². The standard InChI is InChI=1S/C16H16BrClFN/c1-10-6-13(14(18)9-15(10)19)16(20-2)8-11-4-3-5-12(17)7-11/h3-7,9,16,20H,8H2,1-2H3. The van der Waals surface area contributed by atoms with E-state index in [9.17, 15) is 4.39 Å². The number of nitrogens with one attached hydrogen (secondary N) is 1. The fraction of sp³-hybridized carbons (Fsp3) is 0.250. The number of halogens is 3. The maximum absolute atomic E-state index is 13.5. The fourth-order valence-corrected chi connectivity index (χ4v) is 2.94. The van der Waals surface area contributed by atoms with Gasteiger partial charge in [0.05, 0.1) is 0 Å². The average molecular weight is 357 g/mol. The fourth-order valence-electron chi connectivity index (χ4n) is 2.21. The lowest BCUT2D eigenvalue weighted by molar-refractivity contribution is 0.583. The van der Waals surface area contributed by atoms with Gasteiger partial charge in [-0.05, 0) is 55.3 Å². The van der Waals surface area contributed by atoms with Crippen LogP contribution in [0.1, 0.15) is 22.7 Å². The van der Waals surface area contributed by atoms with Crippen LogP contribution >= 0.6 is 27.5 Å². The molecule has 0 aliphatic carbocycles. The third kappa shape index (κ3) is 3.60. The molecular weight excluding hydrogens is 341 g/mol. The molecule has 1 atom stereocenters. The molecule has 0 aromatic heterocycles. The Kier molecular flexibility index (Phi) is 5.19. The molecule has 0 saturated heterocycles. The Labute approximate surface area is 132 Å². The van der Waals surface area contributed by atoms with Gasteiger partial charge in [-0.15, -0.1) is 0 Å². The van der Waals surface area contributed by atoms with Crippen LogP contribution in [0.5, 0.6) is 0 Å². The van der Waals surface area contributed by atoms with Crippen LogP contribution in [0.25, 0.3) is 0 Å². The first-order chi connectivity index (χ1) is 9.51. The number of hydrogen-bond donors (Lipinski definition) is 1. The number of aryl methyl sites for hydroxylation is 1. The molecule has 0 saturated carbocycles. The number of benzene rings is 2. The molecule has 0 amide bonds. The summed E-state index contributed by atoms with van der Waals surface area (Å²) in [6, 6.07) is 11.4. The molecule has 1 nitrogen and oxygen atoms in total. The summed E-state index contributed by atoms with van der Waals surface area (Å²) in [5.41, 5.74) is 2.73. The molecule has 2 aromatic rings. The topological polar surface area (TPSA) is 12.0 Å². The summed E-state index contributed by atoms with van der Waals surface area (Å²) in [7, 11) is 1.89. The summed E-state index contributed by atoms with van der Waals surface area (Å²) in [5.74, 6) is -0.268. The molecule has 2 rings (SSSR count). The van der Waals surface area contributed by atoms with E-state index in [4.69, 9.17) is 11.6 Å². The smallest absolute Gasteiger partial charge is 0.127 e. The highest BCUT2D eigenvalue weighted by molar-refractivity contribution is 9.10. The zero-order valence-electron chi connectivity index (χ0n) is 11.4. The number of rotatable bonds is 4. The molecule has 1 unspecified atom stereocenters. The van der Waals surface area contributed by atoms with Crippen molar-refractivity contribution in [1.82, 2.24) is 5.32 Å². The minimum atomic E-state index is -0.268. The van der Waals surface area contributed by atoms with Gasteiger partial charge in [0.15, 0.2) is 0 Å². The molecule has 0 bridgehead atoms. The molecule has 0 spiro atoms. The Balaban J connectivity index is 2.31. The third-order valence-corrected chi connectivity index (χ3v) is 4.15. The van der Waals surface area contributed by atoms with E-state index in [0.29, 0.717) is 10.6 Å². The summed E-state index contributed by atoms with van der Waals surface area (Å²) < 4.78 is 14.5. The van der Waals surface area contributed by atoms with E-state index in [2.05, 4.69) is 33.4 Å². The summed E-state index contributed by atoms with van der Waals surface area (Å²) in [4.78, 5) is 0. The number of likely N-dealkylation sites (N-methyl/N-ethyl adjacent to an activating group) is 1. The van der Waals surface area contributed by atoms with E-state index >= 15 is 0 Å². The Bertz CT molecular complexity index is 615. The molecule has 0 fully saturated rings. The molecule has 106 valence electrons. The van der Waals surface area contributed by atoms with Gasteiger partial charge in [-0.1, -0.05) is 45.7 Å². The third-order valence-electron chi connectivity index (χ3n) is 3.33. The quantitative estimate of drug-likeness (QED) is 0.808. The Morgan fingerprint density at radius 2 is 2.05 bits per heavy atom. The predicted octanol–water partition coefficient (Wildman–Crippen LogP) is 5.05. The molecule has 20 heavy (non-hydrogen) atoms. The van der Waals surface area contributed by atoms with Gasteiger partial charge in [-0.2, -0.15) is 0 Å². The van der Waals surface area contributed by atoms with Gasteiger partial charge in [0.1, 0.15) is 5.82 Å². The normalized spacial score (nSPS) is 12.4. The molecule has 0 aliphatic heterocycles. The van der Waals surface area contributed by atoms with Gasteiger partial charge >= 0.3 is 0 Å². The highest BCUT2D eigenvalue weighted by atomic mass is 79.9. The number of hydrogen-bond acceptors (Lipinski definition) is 1. The van der Waals surface area contributed by atoms with Crippen molar-refractivity contribution in [2.24, 2.45) is 0 Å². The predicted molar refractivity (Wildman–Crippen MR) is 85.8 cm³/mol. The van der Waals surface area contributed by atoms with Crippen molar-refractivity contribution in [1.29, 1.82) is 0 Å². The Morgan fingerprint density at radius 1 is 1.30 bits per heavy atom. The van der Waals surface area contributed by atoms with E-state index in [-0.39, 0.29) is 11.9 Å². The minimum absolute atomic E-state index is 0.0519. The first kappa shape index (κ1) is 15.5. The highest BCUT2D eigenvalue weighted by Crippen LogP contribution is 2.28. The maximum atomic E-state index is 13.5. The van der Waals surface area contributed by atoms with Crippen LogP contribution < -0.4 is 5.32 Å². The molecule has 0 heterocycles. The van der Waals surface area contributed by atoms with Crippen LogP contribution in [0.4, 0.5) is 4.39 Å². The van der Waals surface area contributed by atoms with Crippen molar-refractivity contribution in [3.63, 3.8) is 0 Å². The summed E-state index contributed by atoms with van der Waals surface area (Å²) in [5, 5.41) is 3.71. The van der Waals surface area contributed by atoms with Gasteiger partial charge in [-0.3, -0.25) is 0 Å². The van der Waals surface area contributed by atoms with E-state index in [1.807, 2.05) is 25.2 Å². The Morgan fingerprint density at radius 3 is 2.70 bits per heavy atom. The molecule has 0 radical (unpaired) electrons. The lowest BCUT2D eigenvalue weighted by Crippen LogP contribution is -2.19. The zero-order chi connectivity index (χ0) is 14.7. The largest absolute Gasteiger partial charge is 0.313 e. The molecule has 1 N–H and O–H groups in total. The Hall–Kier alpha value is -0.900. The molecule has 4 heteroatoms. The van der Waals surface area contributed by atoms with Crippen LogP contribution in [0, 0.1) is 12.7 Å². The van der Waals surface area contributed by atoms with Crippen LogP contribution in [-0.2, 0) is 6.42 Å². The van der Waals surface area contributed by atoms with Crippen molar-refractivity contribution in [2.45, 2.75) is 19.4 Å². The highest BCUT2D eigenvalue weighted by Gasteiger charge is 2.15. The molecule has 2 aromatic carbocycles. The SMILES string of the molecule is CNC(Cc1cccc(Br)c1)c1cc(C)c(F)cc1Cl. The van der Waals surface area contributed by atoms with E-state index in [1.165, 1.54) is 11.6 Å². The second-order valence-corrected chi connectivity index (χ2v) is 6.12. The van der Waals surface area contributed by atoms with E-state index in [0.717, 1.165) is 16.5 Å². The van der Waals surface area contributed by atoms with Gasteiger partial charge in [0, 0.05) is 15.5 Å². The van der Waals surface area contributed by atoms with Gasteiger partial charge in [0.2, 0.25) is 0 Å². The van der Waals surface area contributed by atoms with E-state index < -0.39 is 0 Å². The van der Waals surface area contributed by atoms with Gasteiger partial charge in [0.25, 0.3) is 0 Å². The van der Waals surface area contributed by atoms with Crippen molar-refractivity contribution in [2.75, 3.05) is 7.05 Å². The summed E-state index contributed by atoms with van der Waals surface area (Å²) in [6.07, 6.45) is 0.792. The molecular formula is C16H16BrClFN. The zero-order valence-corrected chi connectivity index (χ0v) is 13.7. The second kappa shape index (κ2) is 6.70. The summed E-state index contributed by atoms with van der Waals surface area (Å²) in [6.45, 7) is 1.75. The van der Waals surface area contributed by atoms with Crippen molar-refractivity contribution >= 4 is 27.5 Å². The first-order valence-corrected chi connectivity index (χ1v) is 7.55. The van der Waals surface area contributed by atoms with Crippen LogP contribution in [0.15, 0.2) is 40.9 Å². The van der Waals surface area contributed by atoms with Crippen molar-refractivity contribution in [3.05, 3.63) is 68.4 Å². The molecule has 0 aliphatic rings. The lowest BCUT2D eigenvalue weighted by Gasteiger charge is -2.19. The van der Waals surface area contributed by atoms with Crippen molar-refractivity contribution < 1.29 is 4.39 Å². The van der Waals surface area contributed by atoms with Crippen LogP contribution in [-0.4, -0.2) is 7.05 Å². The van der Waals surface area contributed by atoms with Gasteiger partial charge < -0.3 is 5.32 Å². The maximum Gasteiger partial charge on any atom is 0.127 e. The monoisotopic (exact) mass is 355 g/mol. The van der Waals surface area contributed by atoms with Gasteiger partial charge in [-0.25, -0.2) is 4.39 Å². The lowest BCUT2D eigenvalue weighted by atomic mass is 9.97. The van der Waals surface area contributed by atoms with E-state index in [1.54, 1.807) is 6.92 Å². The second-order valence-electron chi connectivity index (χ2n) is 4.80. The summed E-state index contributed by atoms with van der Waals surface area (Å²) >= 11 is 9.65. The average Bonchev–Trinajstić information content (AvgIpc) is 2.40. The van der Waals surface area contributed by atoms with Crippen LogP contribution in [0.3, 0.4) is 0 Å².